The molecule has 0 aliphatic rings. The Labute approximate surface area is 163 Å². The Morgan fingerprint density at radius 1 is 1.19 bits per heavy atom. The van der Waals surface area contributed by atoms with Gasteiger partial charge in [-0.1, -0.05) is 35.2 Å². The Hall–Kier alpha value is -2.65. The summed E-state index contributed by atoms with van der Waals surface area (Å²) in [5.41, 5.74) is 0.765. The first kappa shape index (κ1) is 19.1. The molecule has 0 aliphatic carbocycles. The normalized spacial score (nSPS) is 10.5. The maximum atomic E-state index is 13.7. The van der Waals surface area contributed by atoms with Gasteiger partial charge in [0, 0.05) is 0 Å². The summed E-state index contributed by atoms with van der Waals surface area (Å²) in [6, 6.07) is 11.4. The van der Waals surface area contributed by atoms with Crippen molar-refractivity contribution in [2.24, 2.45) is 0 Å². The van der Waals surface area contributed by atoms with Crippen molar-refractivity contribution in [2.75, 3.05) is 25.3 Å². The van der Waals surface area contributed by atoms with Crippen LogP contribution in [0.3, 0.4) is 0 Å². The van der Waals surface area contributed by atoms with Gasteiger partial charge >= 0.3 is 0 Å². The van der Waals surface area contributed by atoms with E-state index < -0.39 is 0 Å². The van der Waals surface area contributed by atoms with Gasteiger partial charge in [-0.3, -0.25) is 4.79 Å². The number of carbonyl (C=O) groups is 1. The highest BCUT2D eigenvalue weighted by atomic mass is 32.2. The van der Waals surface area contributed by atoms with Crippen LogP contribution >= 0.6 is 23.1 Å². The molecule has 0 unspecified atom stereocenters. The van der Waals surface area contributed by atoms with E-state index in [9.17, 15) is 9.18 Å². The van der Waals surface area contributed by atoms with Gasteiger partial charge in [0.25, 0.3) is 0 Å². The highest BCUT2D eigenvalue weighted by Gasteiger charge is 2.16. The number of thioether (sulfide) groups is 1. The van der Waals surface area contributed by atoms with E-state index in [2.05, 4.69) is 15.5 Å². The number of carbonyl (C=O) groups excluding carboxylic acids is 1. The Bertz CT molecular complexity index is 949. The van der Waals surface area contributed by atoms with E-state index >= 15 is 0 Å². The van der Waals surface area contributed by atoms with Gasteiger partial charge in [-0.2, -0.15) is 0 Å². The molecule has 1 N–H and O–H groups in total. The fourth-order valence-corrected chi connectivity index (χ4v) is 3.88. The molecule has 1 aromatic heterocycles. The molecule has 0 bridgehead atoms. The molecule has 0 aliphatic heterocycles. The van der Waals surface area contributed by atoms with Gasteiger partial charge in [-0.05, 0) is 30.3 Å². The van der Waals surface area contributed by atoms with Crippen molar-refractivity contribution >= 4 is 39.7 Å². The summed E-state index contributed by atoms with van der Waals surface area (Å²) in [5, 5.41) is 11.3. The van der Waals surface area contributed by atoms with Crippen molar-refractivity contribution < 1.29 is 18.7 Å². The smallest absolute Gasteiger partial charge is 0.210 e. The van der Waals surface area contributed by atoms with Crippen LogP contribution in [0.4, 0.5) is 15.2 Å². The van der Waals surface area contributed by atoms with Crippen LogP contribution in [-0.2, 0) is 0 Å². The molecule has 6 nitrogen and oxygen atoms in total. The minimum Gasteiger partial charge on any atom is -0.497 e. The molecule has 9 heteroatoms. The van der Waals surface area contributed by atoms with E-state index in [4.69, 9.17) is 9.47 Å². The zero-order valence-corrected chi connectivity index (χ0v) is 16.2. The molecule has 2 aromatic carbocycles. The first-order chi connectivity index (χ1) is 13.1. The van der Waals surface area contributed by atoms with Gasteiger partial charge in [0.05, 0.1) is 31.2 Å². The monoisotopic (exact) mass is 405 g/mol. The van der Waals surface area contributed by atoms with Crippen molar-refractivity contribution in [2.45, 2.75) is 4.34 Å². The second-order valence-corrected chi connectivity index (χ2v) is 7.46. The second-order valence-electron chi connectivity index (χ2n) is 5.26. The van der Waals surface area contributed by atoms with Crippen LogP contribution in [-0.4, -0.2) is 36.0 Å². The number of rotatable bonds is 8. The van der Waals surface area contributed by atoms with Crippen LogP contribution in [0, 0.1) is 5.82 Å². The third-order valence-corrected chi connectivity index (χ3v) is 5.53. The predicted molar refractivity (Wildman–Crippen MR) is 104 cm³/mol. The van der Waals surface area contributed by atoms with Crippen molar-refractivity contribution in [3.8, 4) is 11.5 Å². The highest BCUT2D eigenvalue weighted by molar-refractivity contribution is 8.01. The molecule has 0 fully saturated rings. The number of nitrogens with zero attached hydrogens (tertiary/aromatic N) is 2. The minimum absolute atomic E-state index is 0.116. The Balaban J connectivity index is 1.65. The molecule has 3 rings (SSSR count). The number of nitrogens with one attached hydrogen (secondary N) is 1. The summed E-state index contributed by atoms with van der Waals surface area (Å²) in [7, 11) is 3.05. The van der Waals surface area contributed by atoms with Gasteiger partial charge in [0.1, 0.15) is 17.3 Å². The maximum Gasteiger partial charge on any atom is 0.210 e. The molecule has 1 heterocycles. The Morgan fingerprint density at radius 3 is 2.74 bits per heavy atom. The van der Waals surface area contributed by atoms with Gasteiger partial charge in [-0.25, -0.2) is 4.39 Å². The number of anilines is 2. The van der Waals surface area contributed by atoms with E-state index in [1.807, 2.05) is 0 Å². The third kappa shape index (κ3) is 4.75. The van der Waals surface area contributed by atoms with E-state index in [-0.39, 0.29) is 17.4 Å². The van der Waals surface area contributed by atoms with Crippen LogP contribution in [0.2, 0.25) is 0 Å². The van der Waals surface area contributed by atoms with Crippen LogP contribution in [0.25, 0.3) is 0 Å². The molecule has 0 atom stereocenters. The number of hydrogen-bond acceptors (Lipinski definition) is 8. The fourth-order valence-electron chi connectivity index (χ4n) is 2.23. The summed E-state index contributed by atoms with van der Waals surface area (Å²) < 4.78 is 24.7. The second kappa shape index (κ2) is 8.83. The topological polar surface area (TPSA) is 73.3 Å². The van der Waals surface area contributed by atoms with Gasteiger partial charge in [0.2, 0.25) is 5.13 Å². The fraction of sp³-hybridized carbons (Fsp3) is 0.167. The third-order valence-electron chi connectivity index (χ3n) is 3.56. The van der Waals surface area contributed by atoms with Crippen LogP contribution in [0.15, 0.2) is 46.8 Å². The Kier molecular flexibility index (Phi) is 6.25. The summed E-state index contributed by atoms with van der Waals surface area (Å²) in [5.74, 6) is 0.742. The average molecular weight is 405 g/mol. The number of hydrogen-bond donors (Lipinski definition) is 1. The first-order valence-electron chi connectivity index (χ1n) is 7.84. The lowest BCUT2D eigenvalue weighted by molar-refractivity contribution is 0.101. The van der Waals surface area contributed by atoms with Crippen molar-refractivity contribution in [1.29, 1.82) is 0 Å². The van der Waals surface area contributed by atoms with E-state index in [1.165, 1.54) is 43.4 Å². The zero-order valence-electron chi connectivity index (χ0n) is 14.6. The molecule has 0 amide bonds. The van der Waals surface area contributed by atoms with Gasteiger partial charge in [-0.15, -0.1) is 10.2 Å². The lowest BCUT2D eigenvalue weighted by Gasteiger charge is -2.09. The van der Waals surface area contributed by atoms with E-state index in [0.717, 1.165) is 0 Å². The number of ether oxygens (including phenoxy) is 2. The number of Topliss-reactive ketones (excluding diaryl/α,β-unsaturated/α-hetero) is 1. The number of methoxy groups -OCH3 is 2. The van der Waals surface area contributed by atoms with Gasteiger partial charge < -0.3 is 14.8 Å². The van der Waals surface area contributed by atoms with E-state index in [0.29, 0.717) is 32.2 Å². The molecule has 3 aromatic rings. The van der Waals surface area contributed by atoms with Crippen molar-refractivity contribution in [3.63, 3.8) is 0 Å². The largest absolute Gasteiger partial charge is 0.497 e. The maximum absolute atomic E-state index is 13.7. The van der Waals surface area contributed by atoms with Gasteiger partial charge in [0.15, 0.2) is 10.1 Å². The molecule has 0 saturated heterocycles. The lowest BCUT2D eigenvalue weighted by Crippen LogP contribution is -2.05. The summed E-state index contributed by atoms with van der Waals surface area (Å²) in [6.45, 7) is 0. The van der Waals surface area contributed by atoms with E-state index in [1.54, 1.807) is 36.4 Å². The van der Waals surface area contributed by atoms with Crippen LogP contribution in [0.5, 0.6) is 11.5 Å². The molecule has 0 spiro atoms. The molecular formula is C18H16FN3O3S2. The molecule has 0 radical (unpaired) electrons. The molecule has 0 saturated carbocycles. The van der Waals surface area contributed by atoms with Crippen LogP contribution in [0.1, 0.15) is 10.4 Å². The minimum atomic E-state index is -0.373. The number of halogens is 1. The number of para-hydroxylation sites is 1. The molecule has 140 valence electrons. The first-order valence-corrected chi connectivity index (χ1v) is 9.64. The predicted octanol–water partition coefficient (Wildman–Crippen LogP) is 4.41. The summed E-state index contributed by atoms with van der Waals surface area (Å²) in [6.07, 6.45) is 0. The highest BCUT2D eigenvalue weighted by Crippen LogP contribution is 2.30. The summed E-state index contributed by atoms with van der Waals surface area (Å²) >= 11 is 2.50. The quantitative estimate of drug-likeness (QED) is 0.439. The number of benzene rings is 2. The van der Waals surface area contributed by atoms with Crippen molar-refractivity contribution in [1.82, 2.24) is 10.2 Å². The number of aromatic nitrogens is 2. The molecular weight excluding hydrogens is 389 g/mol. The average Bonchev–Trinajstić information content (AvgIpc) is 3.14. The lowest BCUT2D eigenvalue weighted by atomic mass is 10.1. The molecule has 27 heavy (non-hydrogen) atoms. The summed E-state index contributed by atoms with van der Waals surface area (Å²) in [4.78, 5) is 12.5. The number of ketones is 1. The SMILES string of the molecule is COc1ccc(OC)c(C(=O)CSc2nnc(Nc3ccccc3F)s2)c1. The van der Waals surface area contributed by atoms with Crippen molar-refractivity contribution in [3.05, 3.63) is 53.8 Å². The van der Waals surface area contributed by atoms with Crippen LogP contribution < -0.4 is 14.8 Å². The zero-order chi connectivity index (χ0) is 19.2. The standard InChI is InChI=1S/C18H16FN3O3S2/c1-24-11-7-8-16(25-2)12(9-11)15(23)10-26-18-22-21-17(27-18)20-14-6-4-3-5-13(14)19/h3-9H,10H2,1-2H3,(H,20,21). The Morgan fingerprint density at radius 2 is 2.00 bits per heavy atom.